The molecule has 0 aliphatic heterocycles. The summed E-state index contributed by atoms with van der Waals surface area (Å²) in [5, 5.41) is 20.3. The number of carbonyl (C=O) groups is 1. The monoisotopic (exact) mass is 362 g/mol. The summed E-state index contributed by atoms with van der Waals surface area (Å²) in [5.74, 6) is -3.31. The van der Waals surface area contributed by atoms with Crippen molar-refractivity contribution in [3.63, 3.8) is 0 Å². The second-order valence-corrected chi connectivity index (χ2v) is 5.55. The summed E-state index contributed by atoms with van der Waals surface area (Å²) in [6.45, 7) is 2.48. The third-order valence-electron chi connectivity index (χ3n) is 3.40. The van der Waals surface area contributed by atoms with E-state index in [0.717, 1.165) is 12.1 Å². The Morgan fingerprint density at radius 1 is 1.30 bits per heavy atom. The van der Waals surface area contributed by atoms with Gasteiger partial charge in [-0.1, -0.05) is 13.8 Å². The van der Waals surface area contributed by atoms with E-state index in [1.54, 1.807) is 0 Å². The normalized spacial score (nSPS) is 14.6. The molecule has 1 unspecified atom stereocenters. The number of aliphatic hydroxyl groups is 1. The van der Waals surface area contributed by atoms with Crippen LogP contribution in [0.25, 0.3) is 0 Å². The van der Waals surface area contributed by atoms with Gasteiger partial charge in [-0.25, -0.2) is 4.39 Å². The number of hydrogen-bond acceptors (Lipinski definition) is 4. The van der Waals surface area contributed by atoms with Crippen LogP contribution in [0.5, 0.6) is 5.75 Å². The maximum absolute atomic E-state index is 13.4. The van der Waals surface area contributed by atoms with Crippen molar-refractivity contribution in [3.05, 3.63) is 29.6 Å². The molecule has 0 saturated carbocycles. The predicted octanol–water partition coefficient (Wildman–Crippen LogP) is -1.45. The molecule has 1 atom stereocenters. The molecule has 0 fully saturated rings. The Bertz CT molecular complexity index is 574. The molecule has 0 aromatic heterocycles. The number of carboxylic acid groups (broad SMARTS) is 1. The average Bonchev–Trinajstić information content (AvgIpc) is 2.36. The number of halogens is 4. The zero-order valence-electron chi connectivity index (χ0n) is 13.1. The Hall–Kier alpha value is -0.194. The molecule has 0 radical (unpaired) electrons. The number of benzene rings is 1. The van der Waals surface area contributed by atoms with Crippen molar-refractivity contribution >= 4 is 5.97 Å². The molecule has 0 aliphatic rings. The molecular weight excluding hydrogens is 347 g/mol. The van der Waals surface area contributed by atoms with E-state index in [4.69, 9.17) is 4.74 Å². The number of methoxy groups -OCH3 is 1. The quantitative estimate of drug-likeness (QED) is 0.514. The van der Waals surface area contributed by atoms with Gasteiger partial charge in [-0.3, -0.25) is 0 Å². The number of carboxylic acids is 1. The van der Waals surface area contributed by atoms with Crippen LogP contribution in [0.3, 0.4) is 0 Å². The molecule has 1 aromatic rings. The van der Waals surface area contributed by atoms with E-state index in [1.807, 2.05) is 0 Å². The number of rotatable bonds is 5. The van der Waals surface area contributed by atoms with E-state index in [9.17, 15) is 32.6 Å². The van der Waals surface area contributed by atoms with Gasteiger partial charge < -0.3 is 19.7 Å². The summed E-state index contributed by atoms with van der Waals surface area (Å²) in [4.78, 5) is 10.8. The first-order valence-electron chi connectivity index (χ1n) is 6.20. The van der Waals surface area contributed by atoms with Crippen LogP contribution in [-0.4, -0.2) is 30.0 Å². The molecule has 0 bridgehead atoms. The summed E-state index contributed by atoms with van der Waals surface area (Å²) >= 11 is 0. The van der Waals surface area contributed by atoms with Crippen LogP contribution in [0, 0.1) is 5.82 Å². The van der Waals surface area contributed by atoms with E-state index in [0.29, 0.717) is 0 Å². The van der Waals surface area contributed by atoms with Crippen molar-refractivity contribution in [2.75, 3.05) is 7.11 Å². The zero-order valence-corrected chi connectivity index (χ0v) is 16.2. The molecule has 1 rings (SSSR count). The fraction of sp³-hybridized carbons (Fsp3) is 0.500. The first-order valence-corrected chi connectivity index (χ1v) is 6.20. The first kappa shape index (κ1) is 22.8. The maximum atomic E-state index is 13.4. The van der Waals surface area contributed by atoms with E-state index in [1.165, 1.54) is 27.0 Å². The van der Waals surface area contributed by atoms with Gasteiger partial charge in [0, 0.05) is 5.56 Å². The Balaban J connectivity index is 0.00000484. The number of aliphatic carboxylic acids is 1. The summed E-state index contributed by atoms with van der Waals surface area (Å²) in [5.41, 5.74) is -5.62. The predicted molar refractivity (Wildman–Crippen MR) is 66.6 cm³/mol. The molecular formula is C14H15F4KO4. The molecule has 0 amide bonds. The van der Waals surface area contributed by atoms with Crippen LogP contribution in [0.4, 0.5) is 17.6 Å². The molecule has 124 valence electrons. The maximum Gasteiger partial charge on any atom is 1.00 e. The van der Waals surface area contributed by atoms with E-state index in [2.05, 4.69) is 0 Å². The largest absolute Gasteiger partial charge is 1.00 e. The van der Waals surface area contributed by atoms with Crippen LogP contribution in [0.15, 0.2) is 18.2 Å². The molecule has 0 spiro atoms. The van der Waals surface area contributed by atoms with Gasteiger partial charge in [0.05, 0.1) is 13.1 Å². The minimum absolute atomic E-state index is 0. The SMILES string of the molecule is COc1ccc(F)cc1C(C)(C)CC(O)(C(=O)[O-])C(F)(F)F.[K+]. The molecule has 0 heterocycles. The number of hydrogen-bond donors (Lipinski definition) is 1. The smallest absolute Gasteiger partial charge is 0.547 e. The molecule has 4 nitrogen and oxygen atoms in total. The fourth-order valence-electron chi connectivity index (χ4n) is 2.23. The summed E-state index contributed by atoms with van der Waals surface area (Å²) in [6, 6.07) is 3.19. The third kappa shape index (κ3) is 4.89. The van der Waals surface area contributed by atoms with Gasteiger partial charge in [0.2, 0.25) is 5.60 Å². The number of alkyl halides is 3. The van der Waals surface area contributed by atoms with Crippen molar-refractivity contribution in [1.29, 1.82) is 0 Å². The first-order chi connectivity index (χ1) is 9.85. The third-order valence-corrected chi connectivity index (χ3v) is 3.40. The standard InChI is InChI=1S/C14H16F4O4.K/c1-12(2,7-13(21,11(19)20)14(16,17)18)9-6-8(15)4-5-10(9)22-3;/h4-6,21H,7H2,1-3H3,(H,19,20);/q;+1/p-1. The molecule has 1 N–H and O–H groups in total. The van der Waals surface area contributed by atoms with Crippen molar-refractivity contribution in [2.24, 2.45) is 0 Å². The van der Waals surface area contributed by atoms with Gasteiger partial charge in [-0.15, -0.1) is 0 Å². The summed E-state index contributed by atoms with van der Waals surface area (Å²) in [7, 11) is 1.24. The van der Waals surface area contributed by atoms with E-state index in [-0.39, 0.29) is 62.7 Å². The van der Waals surface area contributed by atoms with Crippen LogP contribution < -0.4 is 61.2 Å². The Morgan fingerprint density at radius 3 is 2.22 bits per heavy atom. The Labute approximate surface area is 173 Å². The average molecular weight is 362 g/mol. The summed E-state index contributed by atoms with van der Waals surface area (Å²) in [6.07, 6.45) is -6.70. The van der Waals surface area contributed by atoms with E-state index < -0.39 is 35.4 Å². The van der Waals surface area contributed by atoms with Gasteiger partial charge >= 0.3 is 57.6 Å². The molecule has 9 heteroatoms. The van der Waals surface area contributed by atoms with Crippen LogP contribution in [-0.2, 0) is 10.2 Å². The van der Waals surface area contributed by atoms with Crippen molar-refractivity contribution < 1.29 is 88.7 Å². The zero-order chi connectivity index (χ0) is 17.3. The topological polar surface area (TPSA) is 69.6 Å². The van der Waals surface area contributed by atoms with Crippen molar-refractivity contribution in [1.82, 2.24) is 0 Å². The Kier molecular flexibility index (Phi) is 7.73. The van der Waals surface area contributed by atoms with Crippen LogP contribution >= 0.6 is 0 Å². The Morgan fingerprint density at radius 2 is 1.83 bits per heavy atom. The van der Waals surface area contributed by atoms with E-state index >= 15 is 0 Å². The van der Waals surface area contributed by atoms with Gasteiger partial charge in [0.1, 0.15) is 11.6 Å². The van der Waals surface area contributed by atoms with Crippen LogP contribution in [0.1, 0.15) is 25.8 Å². The second-order valence-electron chi connectivity index (χ2n) is 5.55. The number of carbonyl (C=O) groups excluding carboxylic acids is 1. The molecule has 23 heavy (non-hydrogen) atoms. The summed E-state index contributed by atoms with van der Waals surface area (Å²) < 4.78 is 57.0. The minimum Gasteiger partial charge on any atom is -0.547 e. The molecule has 0 saturated heterocycles. The fourth-order valence-corrected chi connectivity index (χ4v) is 2.23. The van der Waals surface area contributed by atoms with Gasteiger partial charge in [-0.05, 0) is 30.0 Å². The molecule has 0 aliphatic carbocycles. The van der Waals surface area contributed by atoms with Gasteiger partial charge in [0.15, 0.2) is 0 Å². The van der Waals surface area contributed by atoms with Crippen molar-refractivity contribution in [2.45, 2.75) is 37.5 Å². The second kappa shape index (κ2) is 7.79. The number of ether oxygens (including phenoxy) is 1. The van der Waals surface area contributed by atoms with Gasteiger partial charge in [0.25, 0.3) is 0 Å². The van der Waals surface area contributed by atoms with Gasteiger partial charge in [-0.2, -0.15) is 13.2 Å². The minimum atomic E-state index is -5.44. The van der Waals surface area contributed by atoms with Crippen LogP contribution in [0.2, 0.25) is 0 Å². The molecule has 1 aromatic carbocycles. The van der Waals surface area contributed by atoms with Crippen molar-refractivity contribution in [3.8, 4) is 5.75 Å².